The molecule has 0 radical (unpaired) electrons. The lowest BCUT2D eigenvalue weighted by Crippen LogP contribution is -2.47. The van der Waals surface area contributed by atoms with Gasteiger partial charge in [0.2, 0.25) is 5.91 Å². The Kier molecular flexibility index (Phi) is 7.08. The van der Waals surface area contributed by atoms with Crippen molar-refractivity contribution in [1.82, 2.24) is 5.32 Å². The van der Waals surface area contributed by atoms with Gasteiger partial charge in [-0.2, -0.15) is 0 Å². The average Bonchev–Trinajstić information content (AvgIpc) is 2.26. The fourth-order valence-electron chi connectivity index (χ4n) is 1.40. The molecule has 0 aliphatic carbocycles. The maximum Gasteiger partial charge on any atom is 0.325 e. The van der Waals surface area contributed by atoms with Crippen molar-refractivity contribution in [2.75, 3.05) is 13.2 Å². The zero-order valence-electron chi connectivity index (χ0n) is 12.8. The van der Waals surface area contributed by atoms with Gasteiger partial charge in [0.05, 0.1) is 12.0 Å². The lowest BCUT2D eigenvalue weighted by molar-refractivity contribution is -0.148. The molecule has 0 spiro atoms. The van der Waals surface area contributed by atoms with Gasteiger partial charge in [-0.05, 0) is 26.8 Å². The number of hydrogen-bond donors (Lipinski definition) is 1. The molecule has 0 aliphatic rings. The highest BCUT2D eigenvalue weighted by molar-refractivity contribution is 6.76. The Bertz CT molecular complexity index is 326. The molecule has 4 nitrogen and oxygen atoms in total. The molecule has 1 unspecified atom stereocenters. The van der Waals surface area contributed by atoms with Crippen LogP contribution in [0.2, 0.25) is 25.7 Å². The van der Waals surface area contributed by atoms with Gasteiger partial charge in [0.15, 0.2) is 0 Å². The minimum absolute atomic E-state index is 0.209. The number of hydrogen-bond acceptors (Lipinski definition) is 3. The summed E-state index contributed by atoms with van der Waals surface area (Å²) >= 11 is 6.04. The number of rotatable bonds is 7. The standard InChI is InChI=1S/C13H26ClNO3Si/c1-7-18-11(16)10(14)13(2,3)12(17)15-8-9-19(4,5)6/h10H,7-9H2,1-6H3,(H,15,17). The topological polar surface area (TPSA) is 55.4 Å². The van der Waals surface area contributed by atoms with E-state index in [9.17, 15) is 9.59 Å². The van der Waals surface area contributed by atoms with Crippen LogP contribution in [-0.4, -0.2) is 38.5 Å². The van der Waals surface area contributed by atoms with Gasteiger partial charge in [-0.3, -0.25) is 9.59 Å². The molecular weight excluding hydrogens is 282 g/mol. The average molecular weight is 308 g/mol. The SMILES string of the molecule is CCOC(=O)C(Cl)C(C)(C)C(=O)NCC[Si](C)(C)C. The van der Waals surface area contributed by atoms with Crippen molar-refractivity contribution in [3.8, 4) is 0 Å². The molecule has 1 N–H and O–H groups in total. The summed E-state index contributed by atoms with van der Waals surface area (Å²) in [7, 11) is -1.18. The quantitative estimate of drug-likeness (QED) is 0.447. The van der Waals surface area contributed by atoms with Crippen molar-refractivity contribution < 1.29 is 14.3 Å². The minimum atomic E-state index is -1.18. The van der Waals surface area contributed by atoms with E-state index in [1.165, 1.54) is 0 Å². The lowest BCUT2D eigenvalue weighted by Gasteiger charge is -2.27. The van der Waals surface area contributed by atoms with Gasteiger partial charge in [-0.25, -0.2) is 0 Å². The monoisotopic (exact) mass is 307 g/mol. The normalized spacial score (nSPS) is 13.8. The van der Waals surface area contributed by atoms with E-state index in [-0.39, 0.29) is 12.5 Å². The Morgan fingerprint density at radius 2 is 1.84 bits per heavy atom. The number of esters is 1. The summed E-state index contributed by atoms with van der Waals surface area (Å²) in [6.45, 7) is 12.6. The van der Waals surface area contributed by atoms with Crippen LogP contribution in [0.15, 0.2) is 0 Å². The fraction of sp³-hybridized carbons (Fsp3) is 0.846. The Morgan fingerprint density at radius 3 is 2.26 bits per heavy atom. The summed E-state index contributed by atoms with van der Waals surface area (Å²) in [5.74, 6) is -0.756. The number of amides is 1. The van der Waals surface area contributed by atoms with E-state index >= 15 is 0 Å². The highest BCUT2D eigenvalue weighted by Crippen LogP contribution is 2.27. The molecule has 0 rings (SSSR count). The maximum absolute atomic E-state index is 12.1. The third-order valence-corrected chi connectivity index (χ3v) is 5.35. The Hall–Kier alpha value is -0.553. The molecule has 6 heteroatoms. The van der Waals surface area contributed by atoms with Gasteiger partial charge in [0.1, 0.15) is 5.38 Å². The molecule has 19 heavy (non-hydrogen) atoms. The van der Waals surface area contributed by atoms with Crippen LogP contribution >= 0.6 is 11.6 Å². The van der Waals surface area contributed by atoms with Crippen LogP contribution in [0.25, 0.3) is 0 Å². The van der Waals surface area contributed by atoms with Crippen LogP contribution in [0.5, 0.6) is 0 Å². The second-order valence-electron chi connectivity index (χ2n) is 6.40. The summed E-state index contributed by atoms with van der Waals surface area (Å²) in [5, 5.41) is 1.89. The molecule has 0 saturated carbocycles. The number of carbonyl (C=O) groups excluding carboxylic acids is 2. The number of ether oxygens (including phenoxy) is 1. The van der Waals surface area contributed by atoms with E-state index in [0.29, 0.717) is 6.54 Å². The van der Waals surface area contributed by atoms with Gasteiger partial charge >= 0.3 is 5.97 Å². The number of carbonyl (C=O) groups is 2. The highest BCUT2D eigenvalue weighted by Gasteiger charge is 2.41. The first-order valence-electron chi connectivity index (χ1n) is 6.61. The van der Waals surface area contributed by atoms with Gasteiger partial charge in [-0.15, -0.1) is 11.6 Å². The fourth-order valence-corrected chi connectivity index (χ4v) is 2.44. The van der Waals surface area contributed by atoms with Gasteiger partial charge in [0, 0.05) is 14.6 Å². The van der Waals surface area contributed by atoms with E-state index in [2.05, 4.69) is 25.0 Å². The summed E-state index contributed by atoms with van der Waals surface area (Å²) in [5.41, 5.74) is -0.979. The summed E-state index contributed by atoms with van der Waals surface area (Å²) in [6, 6.07) is 1.00. The second-order valence-corrected chi connectivity index (χ2v) is 12.5. The first kappa shape index (κ1) is 18.4. The predicted octanol–water partition coefficient (Wildman–Crippen LogP) is 2.64. The number of alkyl halides is 1. The lowest BCUT2D eigenvalue weighted by atomic mass is 9.87. The zero-order valence-corrected chi connectivity index (χ0v) is 14.6. The molecule has 0 aromatic rings. The molecule has 112 valence electrons. The number of nitrogens with one attached hydrogen (secondary N) is 1. The van der Waals surface area contributed by atoms with Crippen molar-refractivity contribution in [2.45, 2.75) is 51.8 Å². The van der Waals surface area contributed by atoms with Crippen LogP contribution in [0.4, 0.5) is 0 Å². The molecule has 0 heterocycles. The largest absolute Gasteiger partial charge is 0.465 e. The second kappa shape index (κ2) is 7.29. The highest BCUT2D eigenvalue weighted by atomic mass is 35.5. The van der Waals surface area contributed by atoms with Gasteiger partial charge in [0.25, 0.3) is 0 Å². The molecular formula is C13H26ClNO3Si. The summed E-state index contributed by atoms with van der Waals surface area (Å²) in [4.78, 5) is 23.7. The Balaban J connectivity index is 4.46. The molecule has 0 saturated heterocycles. The van der Waals surface area contributed by atoms with Crippen LogP contribution < -0.4 is 5.32 Å². The van der Waals surface area contributed by atoms with Crippen molar-refractivity contribution >= 4 is 31.6 Å². The molecule has 0 bridgehead atoms. The van der Waals surface area contributed by atoms with Crippen molar-refractivity contribution in [3.05, 3.63) is 0 Å². The zero-order chi connectivity index (χ0) is 15.3. The maximum atomic E-state index is 12.1. The van der Waals surface area contributed by atoms with Crippen LogP contribution in [0.3, 0.4) is 0 Å². The first-order valence-corrected chi connectivity index (χ1v) is 10.8. The third-order valence-electron chi connectivity index (χ3n) is 2.87. The van der Waals surface area contributed by atoms with Crippen LogP contribution in [-0.2, 0) is 14.3 Å². The first-order chi connectivity index (χ1) is 8.52. The Morgan fingerprint density at radius 1 is 1.32 bits per heavy atom. The van der Waals surface area contributed by atoms with Gasteiger partial charge in [-0.1, -0.05) is 19.6 Å². The smallest absolute Gasteiger partial charge is 0.325 e. The van der Waals surface area contributed by atoms with Crippen molar-refractivity contribution in [3.63, 3.8) is 0 Å². The van der Waals surface area contributed by atoms with Crippen LogP contribution in [0.1, 0.15) is 20.8 Å². The van der Waals surface area contributed by atoms with E-state index in [4.69, 9.17) is 16.3 Å². The number of halogens is 1. The van der Waals surface area contributed by atoms with E-state index in [1.54, 1.807) is 20.8 Å². The Labute approximate surface area is 122 Å². The van der Waals surface area contributed by atoms with Gasteiger partial charge < -0.3 is 10.1 Å². The van der Waals surface area contributed by atoms with E-state index in [0.717, 1.165) is 6.04 Å². The molecule has 0 aliphatic heterocycles. The predicted molar refractivity (Wildman–Crippen MR) is 81.2 cm³/mol. The summed E-state index contributed by atoms with van der Waals surface area (Å²) < 4.78 is 4.85. The van der Waals surface area contributed by atoms with Crippen molar-refractivity contribution in [1.29, 1.82) is 0 Å². The third kappa shape index (κ3) is 6.43. The van der Waals surface area contributed by atoms with E-state index in [1.807, 2.05) is 0 Å². The molecule has 1 atom stereocenters. The van der Waals surface area contributed by atoms with E-state index < -0.39 is 24.8 Å². The minimum Gasteiger partial charge on any atom is -0.465 e. The molecule has 0 aromatic carbocycles. The summed E-state index contributed by atoms with van der Waals surface area (Å²) in [6.07, 6.45) is 0. The molecule has 1 amide bonds. The van der Waals surface area contributed by atoms with Crippen LogP contribution in [0, 0.1) is 5.41 Å². The molecule has 0 fully saturated rings. The molecule has 0 aromatic heterocycles. The van der Waals surface area contributed by atoms with Crippen molar-refractivity contribution in [2.24, 2.45) is 5.41 Å².